The predicted octanol–water partition coefficient (Wildman–Crippen LogP) is 2.09. The Labute approximate surface area is 130 Å². The summed E-state index contributed by atoms with van der Waals surface area (Å²) in [5.41, 5.74) is 6.05. The molecular formula is C16H22N2O4. The van der Waals surface area contributed by atoms with Crippen LogP contribution in [0.25, 0.3) is 0 Å². The maximum absolute atomic E-state index is 12.1. The van der Waals surface area contributed by atoms with Gasteiger partial charge >= 0.3 is 6.09 Å². The van der Waals surface area contributed by atoms with Crippen molar-refractivity contribution >= 4 is 12.0 Å². The van der Waals surface area contributed by atoms with Crippen LogP contribution in [-0.2, 0) is 9.47 Å². The summed E-state index contributed by atoms with van der Waals surface area (Å²) in [6, 6.07) is 6.91. The summed E-state index contributed by atoms with van der Waals surface area (Å²) in [6.45, 7) is 6.89. The molecule has 0 aliphatic carbocycles. The number of ether oxygens (including phenoxy) is 2. The van der Waals surface area contributed by atoms with E-state index in [4.69, 9.17) is 15.2 Å². The monoisotopic (exact) mass is 306 g/mol. The highest BCUT2D eigenvalue weighted by Gasteiger charge is 2.28. The molecule has 1 aromatic carbocycles. The van der Waals surface area contributed by atoms with Gasteiger partial charge in [0.25, 0.3) is 0 Å². The van der Waals surface area contributed by atoms with Crippen molar-refractivity contribution in [2.45, 2.75) is 32.5 Å². The van der Waals surface area contributed by atoms with Crippen LogP contribution >= 0.6 is 0 Å². The van der Waals surface area contributed by atoms with E-state index in [1.807, 2.05) is 20.8 Å². The molecule has 0 bridgehead atoms. The number of hydrogen-bond acceptors (Lipinski definition) is 4. The van der Waals surface area contributed by atoms with E-state index >= 15 is 0 Å². The van der Waals surface area contributed by atoms with Gasteiger partial charge in [0.05, 0.1) is 13.2 Å². The van der Waals surface area contributed by atoms with Crippen molar-refractivity contribution < 1.29 is 19.1 Å². The molecule has 6 heteroatoms. The molecular weight excluding hydrogens is 284 g/mol. The summed E-state index contributed by atoms with van der Waals surface area (Å²) in [7, 11) is 0. The highest BCUT2D eigenvalue weighted by molar-refractivity contribution is 5.92. The van der Waals surface area contributed by atoms with Crippen molar-refractivity contribution in [1.29, 1.82) is 0 Å². The van der Waals surface area contributed by atoms with E-state index in [2.05, 4.69) is 0 Å². The van der Waals surface area contributed by atoms with E-state index in [0.717, 1.165) is 5.56 Å². The third-order valence-electron chi connectivity index (χ3n) is 3.29. The lowest BCUT2D eigenvalue weighted by molar-refractivity contribution is -0.0432. The van der Waals surface area contributed by atoms with Crippen LogP contribution in [0.4, 0.5) is 4.79 Å². The first kappa shape index (κ1) is 16.3. The Hall–Kier alpha value is -2.08. The SMILES string of the molecule is CC(C)(C)OC(=O)N1CCOC(c2ccc(C(N)=O)cc2)C1. The normalized spacial score (nSPS) is 18.9. The topological polar surface area (TPSA) is 81.9 Å². The van der Waals surface area contributed by atoms with E-state index in [0.29, 0.717) is 25.3 Å². The van der Waals surface area contributed by atoms with Crippen molar-refractivity contribution in [2.24, 2.45) is 5.73 Å². The van der Waals surface area contributed by atoms with Crippen molar-refractivity contribution in [2.75, 3.05) is 19.7 Å². The summed E-state index contributed by atoms with van der Waals surface area (Å²) in [5, 5.41) is 0. The largest absolute Gasteiger partial charge is 0.444 e. The van der Waals surface area contributed by atoms with Crippen molar-refractivity contribution in [3.8, 4) is 0 Å². The van der Waals surface area contributed by atoms with Gasteiger partial charge in [-0.3, -0.25) is 4.79 Å². The van der Waals surface area contributed by atoms with Gasteiger partial charge in [0.1, 0.15) is 11.7 Å². The molecule has 0 saturated carbocycles. The Morgan fingerprint density at radius 2 is 1.91 bits per heavy atom. The van der Waals surface area contributed by atoms with Crippen LogP contribution in [-0.4, -0.2) is 42.2 Å². The fraction of sp³-hybridized carbons (Fsp3) is 0.500. The number of hydrogen-bond donors (Lipinski definition) is 1. The van der Waals surface area contributed by atoms with Crippen LogP contribution in [0.5, 0.6) is 0 Å². The molecule has 2 amide bonds. The van der Waals surface area contributed by atoms with Crippen LogP contribution < -0.4 is 5.73 Å². The van der Waals surface area contributed by atoms with E-state index in [1.54, 1.807) is 29.2 Å². The summed E-state index contributed by atoms with van der Waals surface area (Å²) in [6.07, 6.45) is -0.572. The maximum atomic E-state index is 12.1. The number of benzene rings is 1. The number of nitrogens with two attached hydrogens (primary N) is 1. The number of rotatable bonds is 2. The number of carbonyl (C=O) groups excluding carboxylic acids is 2. The highest BCUT2D eigenvalue weighted by atomic mass is 16.6. The fourth-order valence-electron chi connectivity index (χ4n) is 2.21. The molecule has 0 radical (unpaired) electrons. The second kappa shape index (κ2) is 6.36. The van der Waals surface area contributed by atoms with Gasteiger partial charge in [0, 0.05) is 12.1 Å². The van der Waals surface area contributed by atoms with Gasteiger partial charge in [-0.25, -0.2) is 4.79 Å². The lowest BCUT2D eigenvalue weighted by Gasteiger charge is -2.34. The molecule has 2 rings (SSSR count). The maximum Gasteiger partial charge on any atom is 0.410 e. The molecule has 2 N–H and O–H groups in total. The minimum Gasteiger partial charge on any atom is -0.444 e. The van der Waals surface area contributed by atoms with Gasteiger partial charge < -0.3 is 20.1 Å². The smallest absolute Gasteiger partial charge is 0.410 e. The van der Waals surface area contributed by atoms with Crippen LogP contribution in [0.3, 0.4) is 0 Å². The molecule has 22 heavy (non-hydrogen) atoms. The van der Waals surface area contributed by atoms with Gasteiger partial charge in [0.2, 0.25) is 5.91 Å². The number of amides is 2. The summed E-state index contributed by atoms with van der Waals surface area (Å²) < 4.78 is 11.1. The Bertz CT molecular complexity index is 548. The molecule has 1 aromatic rings. The molecule has 0 aromatic heterocycles. The lowest BCUT2D eigenvalue weighted by atomic mass is 10.1. The Kier molecular flexibility index (Phi) is 4.71. The number of primary amides is 1. The minimum absolute atomic E-state index is 0.233. The van der Waals surface area contributed by atoms with Crippen LogP contribution in [0.1, 0.15) is 42.8 Å². The molecule has 1 atom stereocenters. The molecule has 1 unspecified atom stereocenters. The number of nitrogens with zero attached hydrogens (tertiary/aromatic N) is 1. The minimum atomic E-state index is -0.520. The van der Waals surface area contributed by atoms with E-state index < -0.39 is 11.5 Å². The van der Waals surface area contributed by atoms with E-state index in [-0.39, 0.29) is 12.2 Å². The average molecular weight is 306 g/mol. The van der Waals surface area contributed by atoms with E-state index in [1.165, 1.54) is 0 Å². The summed E-state index contributed by atoms with van der Waals surface area (Å²) in [5.74, 6) is -0.466. The second-order valence-electron chi connectivity index (χ2n) is 6.27. The first-order valence-corrected chi connectivity index (χ1v) is 7.25. The van der Waals surface area contributed by atoms with Crippen molar-refractivity contribution in [3.05, 3.63) is 35.4 Å². The average Bonchev–Trinajstić information content (AvgIpc) is 2.46. The van der Waals surface area contributed by atoms with Gasteiger partial charge in [-0.1, -0.05) is 12.1 Å². The molecule has 120 valence electrons. The first-order valence-electron chi connectivity index (χ1n) is 7.25. The van der Waals surface area contributed by atoms with E-state index in [9.17, 15) is 9.59 Å². The lowest BCUT2D eigenvalue weighted by Crippen LogP contribution is -2.44. The Morgan fingerprint density at radius 1 is 1.27 bits per heavy atom. The van der Waals surface area contributed by atoms with Crippen LogP contribution in [0, 0.1) is 0 Å². The zero-order valence-electron chi connectivity index (χ0n) is 13.2. The van der Waals surface area contributed by atoms with Gasteiger partial charge in [-0.15, -0.1) is 0 Å². The van der Waals surface area contributed by atoms with Crippen molar-refractivity contribution in [1.82, 2.24) is 4.90 Å². The van der Waals surface area contributed by atoms with Crippen molar-refractivity contribution in [3.63, 3.8) is 0 Å². The predicted molar refractivity (Wildman–Crippen MR) is 81.5 cm³/mol. The molecule has 1 aliphatic rings. The Morgan fingerprint density at radius 3 is 2.45 bits per heavy atom. The van der Waals surface area contributed by atoms with Crippen LogP contribution in [0.15, 0.2) is 24.3 Å². The third-order valence-corrected chi connectivity index (χ3v) is 3.29. The zero-order valence-corrected chi connectivity index (χ0v) is 13.2. The molecule has 1 saturated heterocycles. The zero-order chi connectivity index (χ0) is 16.3. The second-order valence-corrected chi connectivity index (χ2v) is 6.27. The number of morpholine rings is 1. The van der Waals surface area contributed by atoms with Gasteiger partial charge in [-0.05, 0) is 38.5 Å². The molecule has 1 heterocycles. The molecule has 0 spiro atoms. The molecule has 1 fully saturated rings. The first-order chi connectivity index (χ1) is 10.3. The fourth-order valence-corrected chi connectivity index (χ4v) is 2.21. The standard InChI is InChI=1S/C16H22N2O4/c1-16(2,3)22-15(20)18-8-9-21-13(10-18)11-4-6-12(7-5-11)14(17)19/h4-7,13H,8-10H2,1-3H3,(H2,17,19). The Balaban J connectivity index is 2.04. The number of carbonyl (C=O) groups is 2. The van der Waals surface area contributed by atoms with Gasteiger partial charge in [-0.2, -0.15) is 0 Å². The van der Waals surface area contributed by atoms with Crippen LogP contribution in [0.2, 0.25) is 0 Å². The summed E-state index contributed by atoms with van der Waals surface area (Å²) in [4.78, 5) is 24.8. The molecule has 1 aliphatic heterocycles. The van der Waals surface area contributed by atoms with Gasteiger partial charge in [0.15, 0.2) is 0 Å². The third kappa shape index (κ3) is 4.21. The summed E-state index contributed by atoms with van der Waals surface area (Å²) >= 11 is 0. The molecule has 6 nitrogen and oxygen atoms in total. The quantitative estimate of drug-likeness (QED) is 0.907. The highest BCUT2D eigenvalue weighted by Crippen LogP contribution is 2.23.